The summed E-state index contributed by atoms with van der Waals surface area (Å²) in [5.74, 6) is 0.854. The van der Waals surface area contributed by atoms with Crippen LogP contribution >= 0.6 is 0 Å². The minimum atomic E-state index is 0.518. The van der Waals surface area contributed by atoms with Crippen LogP contribution in [0.15, 0.2) is 18.3 Å². The molecule has 0 aliphatic heterocycles. The Labute approximate surface area is 104 Å². The van der Waals surface area contributed by atoms with E-state index in [0.29, 0.717) is 12.6 Å². The highest BCUT2D eigenvalue weighted by molar-refractivity contribution is 5.44. The Bertz CT molecular complexity index is 347. The normalized spacial score (nSPS) is 24.6. The topological polar surface area (TPSA) is 42.1 Å². The molecule has 17 heavy (non-hydrogen) atoms. The third-order valence-electron chi connectivity index (χ3n) is 3.88. The van der Waals surface area contributed by atoms with Gasteiger partial charge in [0.05, 0.1) is 17.6 Å². The van der Waals surface area contributed by atoms with Crippen molar-refractivity contribution in [2.45, 2.75) is 45.2 Å². The zero-order valence-electron chi connectivity index (χ0n) is 10.9. The standard InChI is InChI=1S/C14H23N3/c1-11-4-3-5-13(8-11)17(2)14-7-6-12(9-15)16-10-14/h6-7,10-11,13H,3-5,8-9,15H2,1-2H3. The number of nitrogens with zero attached hydrogens (tertiary/aromatic N) is 2. The third kappa shape index (κ3) is 2.97. The number of anilines is 1. The number of aromatic nitrogens is 1. The molecular formula is C14H23N3. The summed E-state index contributed by atoms with van der Waals surface area (Å²) in [6.07, 6.45) is 7.29. The molecule has 0 amide bonds. The van der Waals surface area contributed by atoms with Crippen LogP contribution in [0.25, 0.3) is 0 Å². The van der Waals surface area contributed by atoms with Gasteiger partial charge in [0.1, 0.15) is 0 Å². The van der Waals surface area contributed by atoms with Crippen LogP contribution in [0.1, 0.15) is 38.3 Å². The largest absolute Gasteiger partial charge is 0.370 e. The van der Waals surface area contributed by atoms with Gasteiger partial charge in [-0.1, -0.05) is 19.8 Å². The van der Waals surface area contributed by atoms with E-state index in [1.165, 1.54) is 31.4 Å². The summed E-state index contributed by atoms with van der Waals surface area (Å²) >= 11 is 0. The fourth-order valence-corrected chi connectivity index (χ4v) is 2.71. The molecule has 1 saturated carbocycles. The second-order valence-electron chi connectivity index (χ2n) is 5.25. The smallest absolute Gasteiger partial charge is 0.0552 e. The minimum absolute atomic E-state index is 0.518. The number of hydrogen-bond donors (Lipinski definition) is 1. The molecule has 1 aromatic heterocycles. The number of rotatable bonds is 3. The lowest BCUT2D eigenvalue weighted by atomic mass is 9.86. The summed E-state index contributed by atoms with van der Waals surface area (Å²) in [5, 5.41) is 0. The van der Waals surface area contributed by atoms with E-state index in [1.807, 2.05) is 12.3 Å². The molecule has 0 saturated heterocycles. The lowest BCUT2D eigenvalue weighted by Gasteiger charge is -2.35. The number of hydrogen-bond acceptors (Lipinski definition) is 3. The van der Waals surface area contributed by atoms with Crippen LogP contribution in [-0.2, 0) is 6.54 Å². The fraction of sp³-hybridized carbons (Fsp3) is 0.643. The van der Waals surface area contributed by atoms with Crippen LogP contribution in [0.2, 0.25) is 0 Å². The molecule has 2 N–H and O–H groups in total. The maximum absolute atomic E-state index is 5.56. The first-order chi connectivity index (χ1) is 8.20. The summed E-state index contributed by atoms with van der Waals surface area (Å²) in [6, 6.07) is 4.83. The summed E-state index contributed by atoms with van der Waals surface area (Å²) < 4.78 is 0. The highest BCUT2D eigenvalue weighted by Gasteiger charge is 2.22. The Balaban J connectivity index is 2.04. The van der Waals surface area contributed by atoms with Crippen LogP contribution in [0.4, 0.5) is 5.69 Å². The minimum Gasteiger partial charge on any atom is -0.370 e. The van der Waals surface area contributed by atoms with Crippen molar-refractivity contribution in [3.63, 3.8) is 0 Å². The van der Waals surface area contributed by atoms with E-state index in [-0.39, 0.29) is 0 Å². The lowest BCUT2D eigenvalue weighted by molar-refractivity contribution is 0.336. The highest BCUT2D eigenvalue weighted by atomic mass is 15.1. The van der Waals surface area contributed by atoms with Crippen LogP contribution in [-0.4, -0.2) is 18.1 Å². The summed E-state index contributed by atoms with van der Waals surface area (Å²) in [7, 11) is 2.18. The van der Waals surface area contributed by atoms with Gasteiger partial charge in [0.2, 0.25) is 0 Å². The molecule has 3 nitrogen and oxygen atoms in total. The van der Waals surface area contributed by atoms with Gasteiger partial charge in [0.25, 0.3) is 0 Å². The van der Waals surface area contributed by atoms with E-state index in [0.717, 1.165) is 11.6 Å². The maximum atomic E-state index is 5.56. The van der Waals surface area contributed by atoms with E-state index < -0.39 is 0 Å². The third-order valence-corrected chi connectivity index (χ3v) is 3.88. The predicted octanol–water partition coefficient (Wildman–Crippen LogP) is 2.56. The molecule has 94 valence electrons. The molecule has 2 rings (SSSR count). The Kier molecular flexibility index (Phi) is 4.00. The van der Waals surface area contributed by atoms with Gasteiger partial charge >= 0.3 is 0 Å². The Hall–Kier alpha value is -1.09. The van der Waals surface area contributed by atoms with Crippen molar-refractivity contribution in [3.05, 3.63) is 24.0 Å². The van der Waals surface area contributed by atoms with E-state index in [9.17, 15) is 0 Å². The first-order valence-electron chi connectivity index (χ1n) is 6.58. The Morgan fingerprint density at radius 3 is 2.82 bits per heavy atom. The van der Waals surface area contributed by atoms with E-state index in [4.69, 9.17) is 5.73 Å². The van der Waals surface area contributed by atoms with E-state index in [2.05, 4.69) is 29.9 Å². The average molecular weight is 233 g/mol. The zero-order valence-corrected chi connectivity index (χ0v) is 10.9. The van der Waals surface area contributed by atoms with E-state index in [1.54, 1.807) is 0 Å². The van der Waals surface area contributed by atoms with Crippen molar-refractivity contribution >= 4 is 5.69 Å². The number of nitrogens with two attached hydrogens (primary N) is 1. The van der Waals surface area contributed by atoms with Crippen molar-refractivity contribution < 1.29 is 0 Å². The summed E-state index contributed by atoms with van der Waals surface area (Å²) in [5.41, 5.74) is 7.73. The molecule has 1 fully saturated rings. The van der Waals surface area contributed by atoms with Crippen LogP contribution in [0.5, 0.6) is 0 Å². The van der Waals surface area contributed by atoms with Gasteiger partial charge in [-0.25, -0.2) is 0 Å². The summed E-state index contributed by atoms with van der Waals surface area (Å²) in [6.45, 7) is 2.88. The Morgan fingerprint density at radius 1 is 1.41 bits per heavy atom. The van der Waals surface area contributed by atoms with Crippen LogP contribution in [0.3, 0.4) is 0 Å². The Morgan fingerprint density at radius 2 is 2.24 bits per heavy atom. The van der Waals surface area contributed by atoms with Gasteiger partial charge in [-0.2, -0.15) is 0 Å². The molecule has 0 aromatic carbocycles. The second-order valence-corrected chi connectivity index (χ2v) is 5.25. The van der Waals surface area contributed by atoms with Crippen LogP contribution < -0.4 is 10.6 Å². The molecule has 2 unspecified atom stereocenters. The molecule has 0 spiro atoms. The molecule has 1 aromatic rings. The summed E-state index contributed by atoms with van der Waals surface area (Å²) in [4.78, 5) is 6.74. The second kappa shape index (κ2) is 5.50. The molecule has 1 heterocycles. The van der Waals surface area contributed by atoms with Crippen molar-refractivity contribution in [2.24, 2.45) is 11.7 Å². The van der Waals surface area contributed by atoms with Gasteiger partial charge in [0, 0.05) is 19.6 Å². The fourth-order valence-electron chi connectivity index (χ4n) is 2.71. The van der Waals surface area contributed by atoms with Gasteiger partial charge < -0.3 is 10.6 Å². The molecular weight excluding hydrogens is 210 g/mol. The van der Waals surface area contributed by atoms with Crippen molar-refractivity contribution in [3.8, 4) is 0 Å². The van der Waals surface area contributed by atoms with E-state index >= 15 is 0 Å². The predicted molar refractivity (Wildman–Crippen MR) is 72.0 cm³/mol. The lowest BCUT2D eigenvalue weighted by Crippen LogP contribution is -2.35. The molecule has 2 atom stereocenters. The first-order valence-corrected chi connectivity index (χ1v) is 6.58. The first kappa shape index (κ1) is 12.4. The molecule has 0 radical (unpaired) electrons. The molecule has 1 aliphatic rings. The van der Waals surface area contributed by atoms with Crippen LogP contribution in [0, 0.1) is 5.92 Å². The van der Waals surface area contributed by atoms with Crippen molar-refractivity contribution in [2.75, 3.05) is 11.9 Å². The number of pyridine rings is 1. The van der Waals surface area contributed by atoms with Gasteiger partial charge in [0.15, 0.2) is 0 Å². The SMILES string of the molecule is CC1CCCC(N(C)c2ccc(CN)nc2)C1. The quantitative estimate of drug-likeness (QED) is 0.872. The average Bonchev–Trinajstić information content (AvgIpc) is 2.38. The monoisotopic (exact) mass is 233 g/mol. The molecule has 3 heteroatoms. The van der Waals surface area contributed by atoms with Gasteiger partial charge in [-0.15, -0.1) is 0 Å². The maximum Gasteiger partial charge on any atom is 0.0552 e. The van der Waals surface area contributed by atoms with Crippen molar-refractivity contribution in [1.82, 2.24) is 4.98 Å². The van der Waals surface area contributed by atoms with Gasteiger partial charge in [-0.05, 0) is 30.9 Å². The molecule has 0 bridgehead atoms. The highest BCUT2D eigenvalue weighted by Crippen LogP contribution is 2.29. The van der Waals surface area contributed by atoms with Gasteiger partial charge in [-0.3, -0.25) is 4.98 Å². The zero-order chi connectivity index (χ0) is 12.3. The van der Waals surface area contributed by atoms with Crippen molar-refractivity contribution in [1.29, 1.82) is 0 Å². The molecule has 1 aliphatic carbocycles.